The molecule has 1 heterocycles. The van der Waals surface area contributed by atoms with E-state index in [0.29, 0.717) is 5.54 Å². The number of ether oxygens (including phenoxy) is 1. The Bertz CT molecular complexity index is 668. The van der Waals surface area contributed by atoms with Gasteiger partial charge in [0.15, 0.2) is 0 Å². The zero-order valence-electron chi connectivity index (χ0n) is 15.2. The molecule has 1 fully saturated rings. The van der Waals surface area contributed by atoms with Crippen LogP contribution in [0.4, 0.5) is 0 Å². The molecule has 24 heavy (non-hydrogen) atoms. The van der Waals surface area contributed by atoms with Gasteiger partial charge in [-0.2, -0.15) is 0 Å². The molecule has 0 N–H and O–H groups in total. The molecule has 1 aliphatic rings. The van der Waals surface area contributed by atoms with Crippen LogP contribution in [0.3, 0.4) is 0 Å². The van der Waals surface area contributed by atoms with E-state index in [4.69, 9.17) is 4.74 Å². The molecule has 2 nitrogen and oxygen atoms in total. The maximum atomic E-state index is 5.34. The van der Waals surface area contributed by atoms with Gasteiger partial charge in [-0.3, -0.25) is 4.90 Å². The van der Waals surface area contributed by atoms with Gasteiger partial charge in [-0.15, -0.1) is 12.4 Å². The molecule has 0 spiro atoms. The predicted octanol–water partition coefficient (Wildman–Crippen LogP) is 5.47. The Hall–Kier alpha value is -1.25. The summed E-state index contributed by atoms with van der Waals surface area (Å²) < 4.78 is 5.34. The van der Waals surface area contributed by atoms with Crippen molar-refractivity contribution in [1.29, 1.82) is 0 Å². The van der Waals surface area contributed by atoms with Crippen molar-refractivity contribution in [1.82, 2.24) is 4.90 Å². The van der Waals surface area contributed by atoms with E-state index in [0.717, 1.165) is 12.2 Å². The van der Waals surface area contributed by atoms with Gasteiger partial charge in [0, 0.05) is 5.54 Å². The van der Waals surface area contributed by atoms with Crippen LogP contribution in [-0.2, 0) is 6.42 Å². The Morgan fingerprint density at radius 3 is 2.71 bits per heavy atom. The lowest BCUT2D eigenvalue weighted by Gasteiger charge is -2.42. The molecule has 0 unspecified atom stereocenters. The number of rotatable bonds is 5. The minimum absolute atomic E-state index is 0. The molecule has 0 atom stereocenters. The van der Waals surface area contributed by atoms with Crippen molar-refractivity contribution in [2.75, 3.05) is 20.2 Å². The number of methoxy groups -OCH3 is 1. The van der Waals surface area contributed by atoms with E-state index in [1.165, 1.54) is 55.1 Å². The molecule has 1 saturated heterocycles. The summed E-state index contributed by atoms with van der Waals surface area (Å²) in [5.74, 6) is 0.935. The molecular weight excluding hydrogens is 318 g/mol. The van der Waals surface area contributed by atoms with Gasteiger partial charge in [0.1, 0.15) is 5.75 Å². The average Bonchev–Trinajstić information content (AvgIpc) is 2.55. The number of aryl methyl sites for hydroxylation is 1. The summed E-state index contributed by atoms with van der Waals surface area (Å²) >= 11 is 0. The van der Waals surface area contributed by atoms with Gasteiger partial charge in [-0.1, -0.05) is 30.7 Å². The maximum Gasteiger partial charge on any atom is 0.119 e. The first-order valence-corrected chi connectivity index (χ1v) is 8.91. The molecule has 0 aromatic heterocycles. The number of hydrogen-bond acceptors (Lipinski definition) is 2. The minimum Gasteiger partial charge on any atom is -0.497 e. The fraction of sp³-hybridized carbons (Fsp3) is 0.524. The highest BCUT2D eigenvalue weighted by atomic mass is 35.5. The van der Waals surface area contributed by atoms with E-state index < -0.39 is 0 Å². The second kappa shape index (κ2) is 8.22. The fourth-order valence-electron chi connectivity index (χ4n) is 3.87. The highest BCUT2D eigenvalue weighted by Crippen LogP contribution is 2.28. The molecule has 0 saturated carbocycles. The third-order valence-corrected chi connectivity index (χ3v) is 5.37. The first kappa shape index (κ1) is 19.1. The van der Waals surface area contributed by atoms with Crippen molar-refractivity contribution in [3.63, 3.8) is 0 Å². The lowest BCUT2D eigenvalue weighted by molar-refractivity contribution is 0.0760. The molecule has 1 aliphatic heterocycles. The van der Waals surface area contributed by atoms with Crippen molar-refractivity contribution < 1.29 is 4.74 Å². The second-order valence-electron chi connectivity index (χ2n) is 7.36. The van der Waals surface area contributed by atoms with Crippen molar-refractivity contribution >= 4 is 23.2 Å². The monoisotopic (exact) mass is 347 g/mol. The van der Waals surface area contributed by atoms with Gasteiger partial charge < -0.3 is 4.74 Å². The van der Waals surface area contributed by atoms with Crippen molar-refractivity contribution in [2.24, 2.45) is 0 Å². The van der Waals surface area contributed by atoms with E-state index in [1.807, 2.05) is 0 Å². The van der Waals surface area contributed by atoms with Crippen LogP contribution in [0, 0.1) is 0 Å². The molecule has 0 radical (unpaired) electrons. The lowest BCUT2D eigenvalue weighted by Crippen LogP contribution is -2.47. The standard InChI is InChI=1S/C21H29NO.ClH/c1-21(2)13-4-5-14-22(21)15-7-10-17-8-6-9-18-16-19(23-3)11-12-20(17)18;/h6,8-9,11-12,16H,4-5,7,10,13-15H2,1-3H3;1H. The van der Waals surface area contributed by atoms with Gasteiger partial charge in [-0.05, 0) is 81.1 Å². The zero-order chi connectivity index (χ0) is 16.3. The van der Waals surface area contributed by atoms with Crippen LogP contribution in [0.1, 0.15) is 45.1 Å². The van der Waals surface area contributed by atoms with Gasteiger partial charge in [-0.25, -0.2) is 0 Å². The molecule has 0 amide bonds. The summed E-state index contributed by atoms with van der Waals surface area (Å²) in [6.45, 7) is 7.27. The molecule has 0 bridgehead atoms. The molecule has 3 rings (SSSR count). The molecule has 3 heteroatoms. The maximum absolute atomic E-state index is 5.34. The van der Waals surface area contributed by atoms with E-state index in [1.54, 1.807) is 7.11 Å². The Morgan fingerprint density at radius 1 is 1.12 bits per heavy atom. The van der Waals surface area contributed by atoms with Crippen LogP contribution in [0.25, 0.3) is 10.8 Å². The minimum atomic E-state index is 0. The average molecular weight is 348 g/mol. The smallest absolute Gasteiger partial charge is 0.119 e. The first-order chi connectivity index (χ1) is 11.1. The number of benzene rings is 2. The van der Waals surface area contributed by atoms with Gasteiger partial charge in [0.2, 0.25) is 0 Å². The fourth-order valence-corrected chi connectivity index (χ4v) is 3.87. The topological polar surface area (TPSA) is 12.5 Å². The van der Waals surface area contributed by atoms with Gasteiger partial charge in [0.05, 0.1) is 7.11 Å². The molecule has 2 aromatic carbocycles. The molecule has 132 valence electrons. The lowest BCUT2D eigenvalue weighted by atomic mass is 9.90. The van der Waals surface area contributed by atoms with E-state index in [-0.39, 0.29) is 12.4 Å². The molecular formula is C21H30ClNO. The van der Waals surface area contributed by atoms with Crippen molar-refractivity contribution in [3.05, 3.63) is 42.0 Å². The van der Waals surface area contributed by atoms with Crippen LogP contribution in [0.2, 0.25) is 0 Å². The van der Waals surface area contributed by atoms with Crippen LogP contribution in [0.5, 0.6) is 5.75 Å². The Balaban J connectivity index is 0.00000208. The van der Waals surface area contributed by atoms with Crippen molar-refractivity contribution in [3.8, 4) is 5.75 Å². The molecule has 0 aliphatic carbocycles. The summed E-state index contributed by atoms with van der Waals surface area (Å²) in [4.78, 5) is 2.69. The summed E-state index contributed by atoms with van der Waals surface area (Å²) in [5.41, 5.74) is 1.84. The Morgan fingerprint density at radius 2 is 1.96 bits per heavy atom. The second-order valence-corrected chi connectivity index (χ2v) is 7.36. The number of fused-ring (bicyclic) bond motifs is 1. The quantitative estimate of drug-likeness (QED) is 0.711. The van der Waals surface area contributed by atoms with Crippen LogP contribution < -0.4 is 4.74 Å². The number of halogens is 1. The summed E-state index contributed by atoms with van der Waals surface area (Å²) in [7, 11) is 1.73. The zero-order valence-corrected chi connectivity index (χ0v) is 16.0. The molecule has 2 aromatic rings. The van der Waals surface area contributed by atoms with Crippen molar-refractivity contribution in [2.45, 2.75) is 51.5 Å². The number of likely N-dealkylation sites (tertiary alicyclic amines) is 1. The number of nitrogens with zero attached hydrogens (tertiary/aromatic N) is 1. The van der Waals surface area contributed by atoms with E-state index in [2.05, 4.69) is 55.1 Å². The van der Waals surface area contributed by atoms with Crippen LogP contribution in [-0.4, -0.2) is 30.6 Å². The number of piperidine rings is 1. The number of hydrogen-bond donors (Lipinski definition) is 0. The third kappa shape index (κ3) is 4.23. The predicted molar refractivity (Wildman–Crippen MR) is 106 cm³/mol. The van der Waals surface area contributed by atoms with Gasteiger partial charge in [0.25, 0.3) is 0 Å². The van der Waals surface area contributed by atoms with E-state index >= 15 is 0 Å². The Labute approximate surface area is 152 Å². The first-order valence-electron chi connectivity index (χ1n) is 8.91. The highest BCUT2D eigenvalue weighted by Gasteiger charge is 2.28. The van der Waals surface area contributed by atoms with E-state index in [9.17, 15) is 0 Å². The summed E-state index contributed by atoms with van der Waals surface area (Å²) in [5, 5.41) is 2.64. The summed E-state index contributed by atoms with van der Waals surface area (Å²) in [6, 6.07) is 13.0. The SMILES string of the molecule is COc1ccc2c(CCCN3CCCCC3(C)C)cccc2c1.Cl. The Kier molecular flexibility index (Phi) is 6.54. The third-order valence-electron chi connectivity index (χ3n) is 5.37. The highest BCUT2D eigenvalue weighted by molar-refractivity contribution is 5.87. The normalized spacial score (nSPS) is 17.5. The van der Waals surface area contributed by atoms with Crippen LogP contribution >= 0.6 is 12.4 Å². The van der Waals surface area contributed by atoms with Gasteiger partial charge >= 0.3 is 0 Å². The summed E-state index contributed by atoms with van der Waals surface area (Å²) in [6.07, 6.45) is 6.46. The van der Waals surface area contributed by atoms with Crippen LogP contribution in [0.15, 0.2) is 36.4 Å². The largest absolute Gasteiger partial charge is 0.497 e.